The number of aromatic nitrogens is 3. The standard InChI is InChI=1S/C22H21ClN4O/c1-13-9-18(24-20(23)10-13)22(28)26-17-7-6-14-4-5-15(11-16(14)17)19-12-27-8-2-3-21(27)25-19/h4-5,9-12,17H,2-3,6-8H2,1H3,(H,26,28)/t17-/m1/s1. The molecule has 3 aromatic rings. The van der Waals surface area contributed by atoms with Crippen molar-refractivity contribution in [3.63, 3.8) is 0 Å². The van der Waals surface area contributed by atoms with E-state index in [1.165, 1.54) is 23.4 Å². The number of hydrogen-bond donors (Lipinski definition) is 1. The highest BCUT2D eigenvalue weighted by molar-refractivity contribution is 6.29. The van der Waals surface area contributed by atoms with Crippen molar-refractivity contribution in [1.29, 1.82) is 0 Å². The summed E-state index contributed by atoms with van der Waals surface area (Å²) >= 11 is 6.01. The molecule has 0 saturated heterocycles. The van der Waals surface area contributed by atoms with E-state index in [9.17, 15) is 4.79 Å². The van der Waals surface area contributed by atoms with Crippen LogP contribution in [0.1, 0.15) is 51.9 Å². The molecule has 0 fully saturated rings. The van der Waals surface area contributed by atoms with Crippen LogP contribution in [0, 0.1) is 6.92 Å². The number of halogens is 1. The van der Waals surface area contributed by atoms with E-state index in [0.29, 0.717) is 10.8 Å². The number of amides is 1. The molecule has 1 atom stereocenters. The third-order valence-corrected chi connectivity index (χ3v) is 5.85. The van der Waals surface area contributed by atoms with Gasteiger partial charge in [-0.3, -0.25) is 4.79 Å². The summed E-state index contributed by atoms with van der Waals surface area (Å²) in [4.78, 5) is 21.7. The molecule has 1 aliphatic carbocycles. The molecule has 0 radical (unpaired) electrons. The second kappa shape index (κ2) is 6.74. The average molecular weight is 393 g/mol. The predicted octanol–water partition coefficient (Wildman–Crippen LogP) is 4.27. The summed E-state index contributed by atoms with van der Waals surface area (Å²) in [7, 11) is 0. The molecule has 6 heteroatoms. The summed E-state index contributed by atoms with van der Waals surface area (Å²) in [5.74, 6) is 0.984. The van der Waals surface area contributed by atoms with Crippen molar-refractivity contribution in [2.45, 2.75) is 45.2 Å². The zero-order valence-electron chi connectivity index (χ0n) is 15.7. The topological polar surface area (TPSA) is 59.8 Å². The third-order valence-electron chi connectivity index (χ3n) is 5.65. The zero-order chi connectivity index (χ0) is 19.3. The lowest BCUT2D eigenvalue weighted by molar-refractivity contribution is 0.0931. The number of benzene rings is 1. The van der Waals surface area contributed by atoms with Crippen molar-refractivity contribution >= 4 is 17.5 Å². The normalized spacial score (nSPS) is 17.4. The number of carbonyl (C=O) groups excluding carboxylic acids is 1. The molecule has 1 aromatic carbocycles. The smallest absolute Gasteiger partial charge is 0.270 e. The van der Waals surface area contributed by atoms with Crippen LogP contribution in [-0.4, -0.2) is 20.4 Å². The molecular formula is C22H21ClN4O. The van der Waals surface area contributed by atoms with Crippen molar-refractivity contribution in [3.05, 3.63) is 69.9 Å². The highest BCUT2D eigenvalue weighted by Crippen LogP contribution is 2.35. The van der Waals surface area contributed by atoms with Crippen LogP contribution in [0.2, 0.25) is 5.15 Å². The molecular weight excluding hydrogens is 372 g/mol. The van der Waals surface area contributed by atoms with Gasteiger partial charge in [0.2, 0.25) is 0 Å². The Morgan fingerprint density at radius 1 is 1.21 bits per heavy atom. The molecule has 1 amide bonds. The fourth-order valence-electron chi connectivity index (χ4n) is 4.28. The van der Waals surface area contributed by atoms with Crippen molar-refractivity contribution in [2.24, 2.45) is 0 Å². The maximum atomic E-state index is 12.7. The van der Waals surface area contributed by atoms with Gasteiger partial charge in [0.1, 0.15) is 16.7 Å². The summed E-state index contributed by atoms with van der Waals surface area (Å²) in [6, 6.07) is 9.99. The van der Waals surface area contributed by atoms with Gasteiger partial charge in [0.15, 0.2) is 0 Å². The lowest BCUT2D eigenvalue weighted by Gasteiger charge is -2.15. The van der Waals surface area contributed by atoms with Gasteiger partial charge in [0, 0.05) is 24.7 Å². The van der Waals surface area contributed by atoms with Gasteiger partial charge in [-0.05, 0) is 61.1 Å². The Bertz CT molecular complexity index is 1050. The van der Waals surface area contributed by atoms with Crippen LogP contribution in [-0.2, 0) is 19.4 Å². The molecule has 28 heavy (non-hydrogen) atoms. The summed E-state index contributed by atoms with van der Waals surface area (Å²) in [6.45, 7) is 2.96. The molecule has 2 aliphatic rings. The maximum absolute atomic E-state index is 12.7. The Labute approximate surface area is 168 Å². The Morgan fingerprint density at radius 3 is 2.93 bits per heavy atom. The third kappa shape index (κ3) is 3.10. The first-order valence-electron chi connectivity index (χ1n) is 9.71. The minimum Gasteiger partial charge on any atom is -0.344 e. The minimum atomic E-state index is -0.185. The maximum Gasteiger partial charge on any atom is 0.270 e. The molecule has 0 unspecified atom stereocenters. The molecule has 0 spiro atoms. The van der Waals surface area contributed by atoms with E-state index in [0.717, 1.165) is 42.6 Å². The number of nitrogens with zero attached hydrogens (tertiary/aromatic N) is 3. The van der Waals surface area contributed by atoms with Gasteiger partial charge in [-0.2, -0.15) is 0 Å². The predicted molar refractivity (Wildman–Crippen MR) is 108 cm³/mol. The fourth-order valence-corrected chi connectivity index (χ4v) is 4.54. The second-order valence-corrected chi connectivity index (χ2v) is 8.06. The van der Waals surface area contributed by atoms with Crippen molar-refractivity contribution in [1.82, 2.24) is 19.9 Å². The number of imidazole rings is 1. The molecule has 142 valence electrons. The van der Waals surface area contributed by atoms with Crippen molar-refractivity contribution < 1.29 is 4.79 Å². The number of aryl methyl sites for hydroxylation is 4. The van der Waals surface area contributed by atoms with Crippen molar-refractivity contribution in [2.75, 3.05) is 0 Å². The van der Waals surface area contributed by atoms with Gasteiger partial charge in [-0.1, -0.05) is 23.7 Å². The van der Waals surface area contributed by atoms with Gasteiger partial charge in [-0.15, -0.1) is 0 Å². The number of hydrogen-bond acceptors (Lipinski definition) is 3. The van der Waals surface area contributed by atoms with Crippen LogP contribution in [0.15, 0.2) is 36.5 Å². The first kappa shape index (κ1) is 17.4. The SMILES string of the molecule is Cc1cc(Cl)nc(C(=O)N[C@@H]2CCc3ccc(-c4cn5c(n4)CCC5)cc32)c1. The monoisotopic (exact) mass is 392 g/mol. The molecule has 0 saturated carbocycles. The minimum absolute atomic E-state index is 0.0157. The van der Waals surface area contributed by atoms with E-state index in [4.69, 9.17) is 16.6 Å². The summed E-state index contributed by atoms with van der Waals surface area (Å²) in [5.41, 5.74) is 5.88. The average Bonchev–Trinajstić information content (AvgIpc) is 3.35. The van der Waals surface area contributed by atoms with Crippen LogP contribution >= 0.6 is 11.6 Å². The van der Waals surface area contributed by atoms with E-state index in [2.05, 4.69) is 39.3 Å². The first-order chi connectivity index (χ1) is 13.6. The van der Waals surface area contributed by atoms with Gasteiger partial charge in [-0.25, -0.2) is 9.97 Å². The molecule has 5 rings (SSSR count). The van der Waals surface area contributed by atoms with Gasteiger partial charge >= 0.3 is 0 Å². The number of pyridine rings is 1. The van der Waals surface area contributed by atoms with Gasteiger partial charge in [0.25, 0.3) is 5.91 Å². The van der Waals surface area contributed by atoms with Crippen LogP contribution in [0.4, 0.5) is 0 Å². The number of fused-ring (bicyclic) bond motifs is 2. The Hall–Kier alpha value is -2.66. The van der Waals surface area contributed by atoms with Crippen LogP contribution in [0.5, 0.6) is 0 Å². The summed E-state index contributed by atoms with van der Waals surface area (Å²) in [5, 5.41) is 3.48. The number of nitrogens with one attached hydrogen (secondary N) is 1. The summed E-state index contributed by atoms with van der Waals surface area (Å²) in [6.07, 6.45) is 6.23. The van der Waals surface area contributed by atoms with Crippen LogP contribution in [0.3, 0.4) is 0 Å². The van der Waals surface area contributed by atoms with E-state index in [1.54, 1.807) is 12.1 Å². The molecule has 3 heterocycles. The lowest BCUT2D eigenvalue weighted by atomic mass is 10.0. The lowest BCUT2D eigenvalue weighted by Crippen LogP contribution is -2.28. The zero-order valence-corrected chi connectivity index (χ0v) is 16.5. The number of rotatable bonds is 3. The Balaban J connectivity index is 1.41. The van der Waals surface area contributed by atoms with E-state index < -0.39 is 0 Å². The Kier molecular flexibility index (Phi) is 4.20. The van der Waals surface area contributed by atoms with Crippen LogP contribution in [0.25, 0.3) is 11.3 Å². The second-order valence-electron chi connectivity index (χ2n) is 7.67. The van der Waals surface area contributed by atoms with E-state index >= 15 is 0 Å². The fraction of sp³-hybridized carbons (Fsp3) is 0.318. The van der Waals surface area contributed by atoms with Crippen molar-refractivity contribution in [3.8, 4) is 11.3 Å². The molecule has 2 aromatic heterocycles. The highest BCUT2D eigenvalue weighted by Gasteiger charge is 2.26. The van der Waals surface area contributed by atoms with Crippen LogP contribution < -0.4 is 5.32 Å². The Morgan fingerprint density at radius 2 is 2.11 bits per heavy atom. The molecule has 1 aliphatic heterocycles. The first-order valence-corrected chi connectivity index (χ1v) is 10.1. The molecule has 1 N–H and O–H groups in total. The van der Waals surface area contributed by atoms with Gasteiger partial charge < -0.3 is 9.88 Å². The molecule has 0 bridgehead atoms. The quantitative estimate of drug-likeness (QED) is 0.677. The highest BCUT2D eigenvalue weighted by atomic mass is 35.5. The summed E-state index contributed by atoms with van der Waals surface area (Å²) < 4.78 is 2.25. The van der Waals surface area contributed by atoms with E-state index in [1.807, 2.05) is 6.92 Å². The number of carbonyl (C=O) groups is 1. The largest absolute Gasteiger partial charge is 0.344 e. The van der Waals surface area contributed by atoms with Gasteiger partial charge in [0.05, 0.1) is 11.7 Å². The van der Waals surface area contributed by atoms with E-state index in [-0.39, 0.29) is 11.9 Å². The molecule has 5 nitrogen and oxygen atoms in total.